The van der Waals surface area contributed by atoms with Crippen molar-refractivity contribution in [3.63, 3.8) is 0 Å². The van der Waals surface area contributed by atoms with Gasteiger partial charge in [0.05, 0.1) is 19.8 Å². The van der Waals surface area contributed by atoms with Crippen molar-refractivity contribution in [2.24, 2.45) is 0 Å². The van der Waals surface area contributed by atoms with Crippen molar-refractivity contribution in [1.29, 1.82) is 0 Å². The van der Waals surface area contributed by atoms with E-state index >= 15 is 0 Å². The third kappa shape index (κ3) is 3.80. The summed E-state index contributed by atoms with van der Waals surface area (Å²) in [4.78, 5) is 18.3. The Labute approximate surface area is 138 Å². The summed E-state index contributed by atoms with van der Waals surface area (Å²) in [6.07, 6.45) is 1.53. The van der Waals surface area contributed by atoms with Gasteiger partial charge in [-0.15, -0.1) is 0 Å². The first-order chi connectivity index (χ1) is 11.6. The van der Waals surface area contributed by atoms with Crippen LogP contribution >= 0.6 is 0 Å². The lowest BCUT2D eigenvalue weighted by Gasteiger charge is -2.29. The van der Waals surface area contributed by atoms with Crippen molar-refractivity contribution < 1.29 is 19.0 Å². The van der Waals surface area contributed by atoms with Gasteiger partial charge < -0.3 is 20.1 Å². The van der Waals surface area contributed by atoms with Crippen molar-refractivity contribution in [3.8, 4) is 5.75 Å². The first-order valence-electron chi connectivity index (χ1n) is 7.68. The normalized spacial score (nSPS) is 14.5. The number of aromatic hydroxyl groups is 1. The van der Waals surface area contributed by atoms with Crippen molar-refractivity contribution in [2.45, 2.75) is 6.54 Å². The number of aromatic nitrogens is 1. The molecule has 126 valence electrons. The highest BCUT2D eigenvalue weighted by molar-refractivity contribution is 5.95. The highest BCUT2D eigenvalue weighted by atomic mass is 19.1. The molecule has 7 heteroatoms. The molecular formula is C17H18FN3O3. The third-order valence-electron chi connectivity index (χ3n) is 3.80. The van der Waals surface area contributed by atoms with E-state index in [9.17, 15) is 14.3 Å². The molecule has 1 saturated heterocycles. The van der Waals surface area contributed by atoms with Crippen LogP contribution < -0.4 is 10.2 Å². The van der Waals surface area contributed by atoms with Crippen LogP contribution in [0.1, 0.15) is 16.1 Å². The number of benzene rings is 1. The van der Waals surface area contributed by atoms with E-state index in [0.717, 1.165) is 0 Å². The number of hydrogen-bond acceptors (Lipinski definition) is 5. The molecule has 0 aliphatic carbocycles. The topological polar surface area (TPSA) is 74.7 Å². The molecule has 1 aliphatic heterocycles. The lowest BCUT2D eigenvalue weighted by molar-refractivity contribution is 0.0949. The summed E-state index contributed by atoms with van der Waals surface area (Å²) in [5.74, 6) is -0.884. The molecule has 0 saturated carbocycles. The Hall–Kier alpha value is -2.67. The van der Waals surface area contributed by atoms with Crippen molar-refractivity contribution in [3.05, 3.63) is 53.6 Å². The number of ether oxygens (including phenoxy) is 1. The van der Waals surface area contributed by atoms with Gasteiger partial charge in [0.1, 0.15) is 17.3 Å². The van der Waals surface area contributed by atoms with Gasteiger partial charge in [0.25, 0.3) is 5.91 Å². The number of hydrogen-bond donors (Lipinski definition) is 2. The van der Waals surface area contributed by atoms with Crippen LogP contribution in [0.2, 0.25) is 0 Å². The molecule has 3 rings (SSSR count). The molecule has 1 fully saturated rings. The van der Waals surface area contributed by atoms with Crippen LogP contribution in [0.4, 0.5) is 10.1 Å². The molecule has 2 N–H and O–H groups in total. The van der Waals surface area contributed by atoms with Crippen molar-refractivity contribution in [1.82, 2.24) is 10.3 Å². The molecule has 2 heterocycles. The molecule has 24 heavy (non-hydrogen) atoms. The number of morpholine rings is 1. The van der Waals surface area contributed by atoms with Crippen LogP contribution in [-0.2, 0) is 11.3 Å². The van der Waals surface area contributed by atoms with Crippen molar-refractivity contribution >= 4 is 11.6 Å². The molecule has 0 radical (unpaired) electrons. The Morgan fingerprint density at radius 3 is 2.88 bits per heavy atom. The van der Waals surface area contributed by atoms with Gasteiger partial charge in [0.15, 0.2) is 0 Å². The Kier molecular flexibility index (Phi) is 4.90. The second-order valence-electron chi connectivity index (χ2n) is 5.45. The summed E-state index contributed by atoms with van der Waals surface area (Å²) in [5.41, 5.74) is 1.24. The minimum Gasteiger partial charge on any atom is -0.506 e. The van der Waals surface area contributed by atoms with Crippen LogP contribution in [0.25, 0.3) is 0 Å². The zero-order chi connectivity index (χ0) is 16.9. The Balaban J connectivity index is 1.72. The lowest BCUT2D eigenvalue weighted by atomic mass is 10.1. The number of amides is 1. The molecular weight excluding hydrogens is 313 g/mol. The zero-order valence-electron chi connectivity index (χ0n) is 13.0. The predicted molar refractivity (Wildman–Crippen MR) is 86.5 cm³/mol. The Morgan fingerprint density at radius 2 is 2.12 bits per heavy atom. The largest absolute Gasteiger partial charge is 0.506 e. The van der Waals surface area contributed by atoms with Gasteiger partial charge in [0, 0.05) is 30.5 Å². The van der Waals surface area contributed by atoms with Gasteiger partial charge in [-0.2, -0.15) is 0 Å². The molecule has 1 aromatic heterocycles. The molecule has 1 aliphatic rings. The average Bonchev–Trinajstić information content (AvgIpc) is 2.61. The second kappa shape index (κ2) is 7.27. The molecule has 0 bridgehead atoms. The number of carbonyl (C=O) groups excluding carboxylic acids is 1. The number of nitrogens with one attached hydrogen (secondary N) is 1. The average molecular weight is 331 g/mol. The molecule has 6 nitrogen and oxygen atoms in total. The maximum Gasteiger partial charge on any atom is 0.251 e. The van der Waals surface area contributed by atoms with Gasteiger partial charge in [0.2, 0.25) is 0 Å². The molecule has 1 amide bonds. The van der Waals surface area contributed by atoms with Gasteiger partial charge in [-0.1, -0.05) is 0 Å². The summed E-state index contributed by atoms with van der Waals surface area (Å²) in [6, 6.07) is 7.35. The van der Waals surface area contributed by atoms with Crippen LogP contribution in [0, 0.1) is 5.82 Å². The van der Waals surface area contributed by atoms with Gasteiger partial charge in [-0.3, -0.25) is 9.78 Å². The van der Waals surface area contributed by atoms with Gasteiger partial charge in [-0.05, 0) is 30.3 Å². The summed E-state index contributed by atoms with van der Waals surface area (Å²) >= 11 is 0. The monoisotopic (exact) mass is 331 g/mol. The highest BCUT2D eigenvalue weighted by Gasteiger charge is 2.15. The third-order valence-corrected chi connectivity index (χ3v) is 3.80. The van der Waals surface area contributed by atoms with Crippen LogP contribution in [0.3, 0.4) is 0 Å². The SMILES string of the molecule is O=C(NCc1ncccc1O)c1cc(F)cc(N2CCOCC2)c1. The van der Waals surface area contributed by atoms with Crippen molar-refractivity contribution in [2.75, 3.05) is 31.2 Å². The molecule has 2 aromatic rings. The molecule has 1 aromatic carbocycles. The fraction of sp³-hybridized carbons (Fsp3) is 0.294. The van der Waals surface area contributed by atoms with E-state index in [1.165, 1.54) is 24.4 Å². The number of anilines is 1. The molecule has 0 atom stereocenters. The summed E-state index contributed by atoms with van der Waals surface area (Å²) in [6.45, 7) is 2.54. The van der Waals surface area contributed by atoms with Gasteiger partial charge >= 0.3 is 0 Å². The highest BCUT2D eigenvalue weighted by Crippen LogP contribution is 2.20. The minimum absolute atomic E-state index is 0.00560. The van der Waals surface area contributed by atoms with E-state index in [4.69, 9.17) is 4.74 Å². The van der Waals surface area contributed by atoms with E-state index in [-0.39, 0.29) is 17.9 Å². The van der Waals surface area contributed by atoms with Gasteiger partial charge in [-0.25, -0.2) is 4.39 Å². The van der Waals surface area contributed by atoms with E-state index in [1.54, 1.807) is 12.1 Å². The van der Waals surface area contributed by atoms with E-state index < -0.39 is 11.7 Å². The summed E-state index contributed by atoms with van der Waals surface area (Å²) < 4.78 is 19.2. The van der Waals surface area contributed by atoms with Crippen LogP contribution in [0.5, 0.6) is 5.75 Å². The first-order valence-corrected chi connectivity index (χ1v) is 7.68. The quantitative estimate of drug-likeness (QED) is 0.892. The number of halogens is 1. The summed E-state index contributed by atoms with van der Waals surface area (Å²) in [7, 11) is 0. The maximum absolute atomic E-state index is 13.9. The Morgan fingerprint density at radius 1 is 1.33 bits per heavy atom. The second-order valence-corrected chi connectivity index (χ2v) is 5.45. The first kappa shape index (κ1) is 16.2. The standard InChI is InChI=1S/C17H18FN3O3/c18-13-8-12(9-14(10-13)21-4-6-24-7-5-21)17(23)20-11-15-16(22)2-1-3-19-15/h1-3,8-10,22H,4-7,11H2,(H,20,23). The van der Waals surface area contributed by atoms with E-state index in [0.29, 0.717) is 37.7 Å². The number of pyridine rings is 1. The molecule has 0 unspecified atom stereocenters. The lowest BCUT2D eigenvalue weighted by Crippen LogP contribution is -2.36. The minimum atomic E-state index is -0.468. The summed E-state index contributed by atoms with van der Waals surface area (Å²) in [5, 5.41) is 12.3. The van der Waals surface area contributed by atoms with E-state index in [2.05, 4.69) is 10.3 Å². The van der Waals surface area contributed by atoms with Crippen LogP contribution in [0.15, 0.2) is 36.5 Å². The Bertz CT molecular complexity index is 733. The fourth-order valence-electron chi connectivity index (χ4n) is 2.54. The maximum atomic E-state index is 13.9. The zero-order valence-corrected chi connectivity index (χ0v) is 13.0. The predicted octanol–water partition coefficient (Wildman–Crippen LogP) is 1.69. The fourth-order valence-corrected chi connectivity index (χ4v) is 2.54. The number of nitrogens with zero attached hydrogens (tertiary/aromatic N) is 2. The van der Waals surface area contributed by atoms with E-state index in [1.807, 2.05) is 4.90 Å². The number of rotatable bonds is 4. The number of carbonyl (C=O) groups is 1. The van der Waals surface area contributed by atoms with Crippen LogP contribution in [-0.4, -0.2) is 42.3 Å². The smallest absolute Gasteiger partial charge is 0.251 e. The molecule has 0 spiro atoms.